The molecular weight excluding hydrogens is 480 g/mol. The number of methoxy groups -OCH3 is 2. The summed E-state index contributed by atoms with van der Waals surface area (Å²) in [4.78, 5) is 8.63. The second-order valence-electron chi connectivity index (χ2n) is 6.79. The van der Waals surface area contributed by atoms with Crippen LogP contribution < -0.4 is 18.9 Å². The predicted octanol–water partition coefficient (Wildman–Crippen LogP) is 5.03. The molecule has 0 spiro atoms. The minimum Gasteiger partial charge on any atom is -0.504 e. The maximum Gasteiger partial charge on any atom is 0.325 e. The molecule has 9 heteroatoms. The highest BCUT2D eigenvalue weighted by molar-refractivity contribution is 9.10. The SMILES string of the molecule is CO.COc1cc(Oc2nc(Oc3cccc4c3CCCC4)ncc2Br)cc(O)c1OC. The van der Waals surface area contributed by atoms with E-state index in [1.165, 1.54) is 37.8 Å². The third-order valence-corrected chi connectivity index (χ3v) is 5.44. The van der Waals surface area contributed by atoms with Crippen molar-refractivity contribution in [1.29, 1.82) is 0 Å². The summed E-state index contributed by atoms with van der Waals surface area (Å²) in [6, 6.07) is 9.26. The molecule has 2 aromatic carbocycles. The van der Waals surface area contributed by atoms with Gasteiger partial charge in [0.1, 0.15) is 11.5 Å². The molecule has 0 amide bonds. The van der Waals surface area contributed by atoms with Crippen LogP contribution in [0.4, 0.5) is 0 Å². The Hall–Kier alpha value is -3.04. The first kappa shape index (κ1) is 23.6. The van der Waals surface area contributed by atoms with Gasteiger partial charge in [-0.1, -0.05) is 12.1 Å². The maximum absolute atomic E-state index is 10.2. The van der Waals surface area contributed by atoms with Gasteiger partial charge >= 0.3 is 6.01 Å². The van der Waals surface area contributed by atoms with Crippen molar-refractivity contribution >= 4 is 15.9 Å². The average molecular weight is 505 g/mol. The standard InChI is InChI=1S/C22H21BrN2O5.CH4O/c1-27-19-11-14(10-17(26)20(19)28-2)29-21-16(23)12-24-22(25-21)30-18-9-5-7-13-6-3-4-8-15(13)18;1-2/h5,7,9-12,26H,3-4,6,8H2,1-2H3;2H,1H3. The fourth-order valence-corrected chi connectivity index (χ4v) is 3.76. The Morgan fingerprint density at radius 1 is 0.969 bits per heavy atom. The fraction of sp³-hybridized carbons (Fsp3) is 0.304. The van der Waals surface area contributed by atoms with E-state index < -0.39 is 0 Å². The minimum absolute atomic E-state index is 0.107. The summed E-state index contributed by atoms with van der Waals surface area (Å²) in [6.45, 7) is 0. The fourth-order valence-electron chi connectivity index (χ4n) is 3.49. The van der Waals surface area contributed by atoms with Crippen LogP contribution in [0.1, 0.15) is 24.0 Å². The lowest BCUT2D eigenvalue weighted by Gasteiger charge is -2.18. The highest BCUT2D eigenvalue weighted by Gasteiger charge is 2.18. The Kier molecular flexibility index (Phi) is 8.13. The number of aliphatic hydroxyl groups is 1. The first-order valence-electron chi connectivity index (χ1n) is 9.97. The number of phenolic OH excluding ortho intramolecular Hbond substituents is 1. The number of fused-ring (bicyclic) bond motifs is 1. The van der Waals surface area contributed by atoms with E-state index in [0.717, 1.165) is 32.1 Å². The molecule has 4 rings (SSSR count). The number of hydrogen-bond donors (Lipinski definition) is 2. The largest absolute Gasteiger partial charge is 0.504 e. The van der Waals surface area contributed by atoms with Gasteiger partial charge in [-0.05, 0) is 58.8 Å². The molecule has 1 aromatic heterocycles. The summed E-state index contributed by atoms with van der Waals surface area (Å²) in [5, 5.41) is 17.2. The van der Waals surface area contributed by atoms with Crippen LogP contribution in [0, 0.1) is 0 Å². The van der Waals surface area contributed by atoms with Crippen LogP contribution in [0.2, 0.25) is 0 Å². The smallest absolute Gasteiger partial charge is 0.325 e. The third kappa shape index (κ3) is 5.23. The Balaban J connectivity index is 0.00000141. The molecule has 170 valence electrons. The van der Waals surface area contributed by atoms with Gasteiger partial charge in [-0.25, -0.2) is 4.98 Å². The third-order valence-electron chi connectivity index (χ3n) is 4.89. The number of aryl methyl sites for hydroxylation is 1. The molecule has 0 radical (unpaired) electrons. The monoisotopic (exact) mass is 504 g/mol. The topological polar surface area (TPSA) is 103 Å². The lowest BCUT2D eigenvalue weighted by atomic mass is 9.91. The number of phenols is 1. The Morgan fingerprint density at radius 2 is 1.75 bits per heavy atom. The van der Waals surface area contributed by atoms with Gasteiger partial charge in [0.2, 0.25) is 11.6 Å². The summed E-state index contributed by atoms with van der Waals surface area (Å²) < 4.78 is 22.8. The molecule has 0 fully saturated rings. The van der Waals surface area contributed by atoms with Crippen molar-refractivity contribution in [2.75, 3.05) is 21.3 Å². The molecule has 1 aliphatic carbocycles. The lowest BCUT2D eigenvalue weighted by Crippen LogP contribution is -2.05. The van der Waals surface area contributed by atoms with Gasteiger partial charge in [-0.3, -0.25) is 0 Å². The van der Waals surface area contributed by atoms with Gasteiger partial charge in [0.15, 0.2) is 11.5 Å². The number of aromatic nitrogens is 2. The number of rotatable bonds is 6. The van der Waals surface area contributed by atoms with Crippen molar-refractivity contribution in [3.8, 4) is 40.6 Å². The molecule has 3 aromatic rings. The summed E-state index contributed by atoms with van der Waals surface area (Å²) in [6.07, 6.45) is 5.95. The Bertz CT molecular complexity index is 1080. The van der Waals surface area contributed by atoms with Crippen molar-refractivity contribution in [1.82, 2.24) is 9.97 Å². The van der Waals surface area contributed by atoms with Crippen molar-refractivity contribution in [3.63, 3.8) is 0 Å². The molecule has 0 atom stereocenters. The normalized spacial score (nSPS) is 12.2. The molecule has 0 saturated heterocycles. The van der Waals surface area contributed by atoms with Crippen LogP contribution in [-0.4, -0.2) is 41.5 Å². The van der Waals surface area contributed by atoms with E-state index in [1.54, 1.807) is 12.3 Å². The quantitative estimate of drug-likeness (QED) is 0.481. The molecular formula is C23H25BrN2O6. The van der Waals surface area contributed by atoms with Gasteiger partial charge in [-0.15, -0.1) is 0 Å². The number of halogens is 1. The van der Waals surface area contributed by atoms with Gasteiger partial charge in [0.05, 0.1) is 24.9 Å². The molecule has 0 aliphatic heterocycles. The van der Waals surface area contributed by atoms with E-state index in [2.05, 4.69) is 32.0 Å². The highest BCUT2D eigenvalue weighted by atomic mass is 79.9. The van der Waals surface area contributed by atoms with Crippen LogP contribution in [0.5, 0.6) is 40.6 Å². The van der Waals surface area contributed by atoms with Crippen molar-refractivity contribution in [2.45, 2.75) is 25.7 Å². The molecule has 0 unspecified atom stereocenters. The van der Waals surface area contributed by atoms with Crippen LogP contribution in [-0.2, 0) is 12.8 Å². The van der Waals surface area contributed by atoms with Gasteiger partial charge in [0.25, 0.3) is 0 Å². The zero-order chi connectivity index (χ0) is 23.1. The summed E-state index contributed by atoms with van der Waals surface area (Å²) in [5.74, 6) is 1.80. The molecule has 32 heavy (non-hydrogen) atoms. The van der Waals surface area contributed by atoms with Crippen LogP contribution in [0.3, 0.4) is 0 Å². The average Bonchev–Trinajstić information content (AvgIpc) is 2.82. The predicted molar refractivity (Wildman–Crippen MR) is 122 cm³/mol. The maximum atomic E-state index is 10.2. The zero-order valence-corrected chi connectivity index (χ0v) is 19.7. The van der Waals surface area contributed by atoms with Crippen LogP contribution in [0.15, 0.2) is 41.0 Å². The summed E-state index contributed by atoms with van der Waals surface area (Å²) >= 11 is 3.39. The second kappa shape index (κ2) is 11.0. The second-order valence-corrected chi connectivity index (χ2v) is 7.64. The van der Waals surface area contributed by atoms with Crippen LogP contribution >= 0.6 is 15.9 Å². The number of aromatic hydroxyl groups is 1. The zero-order valence-electron chi connectivity index (χ0n) is 18.1. The molecule has 0 saturated carbocycles. The summed E-state index contributed by atoms with van der Waals surface area (Å²) in [7, 11) is 3.93. The lowest BCUT2D eigenvalue weighted by molar-refractivity contribution is 0.328. The minimum atomic E-state index is -0.107. The molecule has 8 nitrogen and oxygen atoms in total. The van der Waals surface area contributed by atoms with E-state index >= 15 is 0 Å². The van der Waals surface area contributed by atoms with E-state index in [4.69, 9.17) is 24.1 Å². The first-order valence-corrected chi connectivity index (χ1v) is 10.8. The van der Waals surface area contributed by atoms with Gasteiger partial charge in [0, 0.05) is 19.2 Å². The Morgan fingerprint density at radius 3 is 2.50 bits per heavy atom. The number of aliphatic hydroxyl groups excluding tert-OH is 1. The Labute approximate surface area is 194 Å². The van der Waals surface area contributed by atoms with E-state index in [9.17, 15) is 5.11 Å². The van der Waals surface area contributed by atoms with E-state index in [0.29, 0.717) is 16.0 Å². The van der Waals surface area contributed by atoms with Crippen molar-refractivity contribution < 1.29 is 29.2 Å². The number of benzene rings is 2. The molecule has 2 N–H and O–H groups in total. The molecule has 1 aliphatic rings. The van der Waals surface area contributed by atoms with Gasteiger partial charge < -0.3 is 29.2 Å². The van der Waals surface area contributed by atoms with Crippen molar-refractivity contribution in [3.05, 3.63) is 52.1 Å². The number of ether oxygens (including phenoxy) is 4. The van der Waals surface area contributed by atoms with Crippen LogP contribution in [0.25, 0.3) is 0 Å². The first-order chi connectivity index (χ1) is 15.6. The molecule has 0 bridgehead atoms. The molecule has 1 heterocycles. The number of nitrogens with zero attached hydrogens (tertiary/aromatic N) is 2. The van der Waals surface area contributed by atoms with Gasteiger partial charge in [-0.2, -0.15) is 4.98 Å². The number of hydrogen-bond acceptors (Lipinski definition) is 8. The van der Waals surface area contributed by atoms with E-state index in [-0.39, 0.29) is 23.4 Å². The highest BCUT2D eigenvalue weighted by Crippen LogP contribution is 2.42. The van der Waals surface area contributed by atoms with E-state index in [1.807, 2.05) is 12.1 Å². The van der Waals surface area contributed by atoms with Crippen molar-refractivity contribution in [2.24, 2.45) is 0 Å². The summed E-state index contributed by atoms with van der Waals surface area (Å²) in [5.41, 5.74) is 2.52.